The number of hydrogen-bond acceptors (Lipinski definition) is 5. The maximum absolute atomic E-state index is 7.00. The van der Waals surface area contributed by atoms with Crippen LogP contribution in [0.5, 0.6) is 23.0 Å². The third kappa shape index (κ3) is 3.81. The van der Waals surface area contributed by atoms with Gasteiger partial charge in [0.05, 0.1) is 41.0 Å². The zero-order valence-corrected chi connectivity index (χ0v) is 20.1. The maximum atomic E-state index is 7.00. The van der Waals surface area contributed by atoms with Crippen LogP contribution in [-0.2, 0) is 13.0 Å². The van der Waals surface area contributed by atoms with E-state index in [1.165, 1.54) is 52.1 Å². The molecule has 3 aromatic carbocycles. The van der Waals surface area contributed by atoms with Crippen molar-refractivity contribution in [1.82, 2.24) is 0 Å². The standard InChI is InChI=1S/C24H27NO4.CH4O.ClH/c1-26-21-9-16-15-8-14-6-5-7-25(14)13-20(15)19-12-24(29-4)23(28-3)11-18(19)17(16)10-22(21)27-2;1-2;/h9-12,14H,5-8,13H2,1-4H3;2H,1H3;1H/t14-;;/m0../s1. The van der Waals surface area contributed by atoms with Gasteiger partial charge in [0.2, 0.25) is 0 Å². The summed E-state index contributed by atoms with van der Waals surface area (Å²) in [6.07, 6.45) is 3.74. The lowest BCUT2D eigenvalue weighted by atomic mass is 9.85. The maximum Gasteiger partial charge on any atom is 0.161 e. The van der Waals surface area contributed by atoms with Crippen LogP contribution in [0.3, 0.4) is 0 Å². The van der Waals surface area contributed by atoms with Crippen LogP contribution in [0.4, 0.5) is 0 Å². The Balaban J connectivity index is 0.000000938. The number of halogens is 1. The van der Waals surface area contributed by atoms with Crippen LogP contribution in [-0.4, -0.2) is 53.2 Å². The average molecular weight is 462 g/mol. The van der Waals surface area contributed by atoms with Crippen LogP contribution in [0.15, 0.2) is 24.3 Å². The van der Waals surface area contributed by atoms with Crippen molar-refractivity contribution in [3.8, 4) is 23.0 Å². The van der Waals surface area contributed by atoms with Gasteiger partial charge in [-0.3, -0.25) is 0 Å². The number of quaternary nitrogens is 1. The highest BCUT2D eigenvalue weighted by molar-refractivity contribution is 6.12. The molecule has 7 heteroatoms. The van der Waals surface area contributed by atoms with Crippen molar-refractivity contribution in [2.75, 3.05) is 42.1 Å². The van der Waals surface area contributed by atoms with Crippen LogP contribution in [0, 0.1) is 0 Å². The molecule has 0 aromatic heterocycles. The van der Waals surface area contributed by atoms with E-state index in [0.717, 1.165) is 49.1 Å². The molecule has 0 amide bonds. The predicted octanol–water partition coefficient (Wildman–Crippen LogP) is -0.257. The van der Waals surface area contributed by atoms with Gasteiger partial charge < -0.3 is 41.4 Å². The van der Waals surface area contributed by atoms with E-state index >= 15 is 0 Å². The molecule has 0 bridgehead atoms. The van der Waals surface area contributed by atoms with Crippen molar-refractivity contribution in [3.63, 3.8) is 0 Å². The second-order valence-corrected chi connectivity index (χ2v) is 8.09. The zero-order valence-electron chi connectivity index (χ0n) is 19.4. The number of hydrogen-bond donors (Lipinski definition) is 2. The fraction of sp³-hybridized carbons (Fsp3) is 0.440. The molecule has 0 radical (unpaired) electrons. The molecule has 174 valence electrons. The number of methoxy groups -OCH3 is 4. The Hall–Kier alpha value is -2.41. The molecule has 2 aliphatic rings. The zero-order chi connectivity index (χ0) is 22.1. The number of nitrogens with one attached hydrogen (secondary N) is 1. The monoisotopic (exact) mass is 461 g/mol. The third-order valence-corrected chi connectivity index (χ3v) is 6.83. The van der Waals surface area contributed by atoms with E-state index in [4.69, 9.17) is 24.1 Å². The Bertz CT molecular complexity index is 1030. The first-order valence-electron chi connectivity index (χ1n) is 10.7. The summed E-state index contributed by atoms with van der Waals surface area (Å²) in [5, 5.41) is 11.9. The van der Waals surface area contributed by atoms with Crippen LogP contribution >= 0.6 is 0 Å². The number of ether oxygens (including phenoxy) is 4. The summed E-state index contributed by atoms with van der Waals surface area (Å²) in [5.41, 5.74) is 2.89. The molecular formula is C25H32ClNO5. The van der Waals surface area contributed by atoms with Crippen molar-refractivity contribution in [2.24, 2.45) is 0 Å². The summed E-state index contributed by atoms with van der Waals surface area (Å²) in [5.74, 6) is 3.06. The third-order valence-electron chi connectivity index (χ3n) is 6.83. The van der Waals surface area contributed by atoms with E-state index in [1.807, 2.05) is 0 Å². The van der Waals surface area contributed by atoms with Gasteiger partial charge in [0.25, 0.3) is 0 Å². The van der Waals surface area contributed by atoms with Gasteiger partial charge in [-0.05, 0) is 51.4 Å². The summed E-state index contributed by atoms with van der Waals surface area (Å²) in [6, 6.07) is 9.24. The molecule has 6 nitrogen and oxygen atoms in total. The lowest BCUT2D eigenvalue weighted by Crippen LogP contribution is -3.13. The van der Waals surface area contributed by atoms with E-state index in [2.05, 4.69) is 24.3 Å². The van der Waals surface area contributed by atoms with E-state index < -0.39 is 0 Å². The summed E-state index contributed by atoms with van der Waals surface area (Å²) in [6.45, 7) is 2.33. The van der Waals surface area contributed by atoms with Crippen molar-refractivity contribution < 1.29 is 41.4 Å². The molecule has 0 aliphatic carbocycles. The molecule has 3 aromatic rings. The minimum atomic E-state index is 0. The van der Waals surface area contributed by atoms with Gasteiger partial charge in [0.1, 0.15) is 6.54 Å². The van der Waals surface area contributed by atoms with Crippen molar-refractivity contribution in [1.29, 1.82) is 0 Å². The minimum absolute atomic E-state index is 0. The molecule has 2 N–H and O–H groups in total. The van der Waals surface area contributed by atoms with Gasteiger partial charge >= 0.3 is 0 Å². The first-order valence-corrected chi connectivity index (χ1v) is 10.7. The van der Waals surface area contributed by atoms with Gasteiger partial charge in [-0.1, -0.05) is 0 Å². The Labute approximate surface area is 195 Å². The molecule has 0 saturated carbocycles. The Morgan fingerprint density at radius 3 is 1.62 bits per heavy atom. The second kappa shape index (κ2) is 10.0. The molecule has 32 heavy (non-hydrogen) atoms. The lowest BCUT2D eigenvalue weighted by Gasteiger charge is -2.31. The fourth-order valence-corrected chi connectivity index (χ4v) is 5.40. The van der Waals surface area contributed by atoms with Crippen molar-refractivity contribution in [2.45, 2.75) is 31.8 Å². The largest absolute Gasteiger partial charge is 1.00 e. The Morgan fingerprint density at radius 1 is 0.719 bits per heavy atom. The first-order chi connectivity index (χ1) is 15.2. The molecule has 1 saturated heterocycles. The first kappa shape index (κ1) is 24.2. The van der Waals surface area contributed by atoms with Crippen molar-refractivity contribution in [3.05, 3.63) is 35.4 Å². The van der Waals surface area contributed by atoms with E-state index in [9.17, 15) is 0 Å². The highest BCUT2D eigenvalue weighted by Crippen LogP contribution is 2.44. The predicted molar refractivity (Wildman–Crippen MR) is 122 cm³/mol. The average Bonchev–Trinajstić information content (AvgIpc) is 3.30. The van der Waals surface area contributed by atoms with Gasteiger partial charge in [-0.25, -0.2) is 0 Å². The highest BCUT2D eigenvalue weighted by Gasteiger charge is 2.36. The molecule has 2 aliphatic heterocycles. The van der Waals surface area contributed by atoms with Crippen LogP contribution in [0.2, 0.25) is 0 Å². The van der Waals surface area contributed by atoms with E-state index in [0.29, 0.717) is 0 Å². The Kier molecular flexibility index (Phi) is 7.59. The molecule has 5 rings (SSSR count). The molecule has 0 spiro atoms. The minimum Gasteiger partial charge on any atom is -1.00 e. The fourth-order valence-electron chi connectivity index (χ4n) is 5.40. The SMILES string of the molecule is CO.COc1cc2c3c(c4cc(OC)c(OC)cc4c2cc1OC)C[NH+]1CCC[C@H]1C3.[Cl-]. The van der Waals surface area contributed by atoms with Gasteiger partial charge in [0, 0.05) is 31.9 Å². The summed E-state index contributed by atoms with van der Waals surface area (Å²) in [7, 11) is 7.78. The molecule has 2 heterocycles. The molecule has 2 atom stereocenters. The van der Waals surface area contributed by atoms with Crippen molar-refractivity contribution >= 4 is 21.5 Å². The van der Waals surface area contributed by atoms with Gasteiger partial charge in [-0.15, -0.1) is 0 Å². The summed E-state index contributed by atoms with van der Waals surface area (Å²) >= 11 is 0. The van der Waals surface area contributed by atoms with Crippen LogP contribution in [0.1, 0.15) is 24.0 Å². The number of aliphatic hydroxyl groups excluding tert-OH is 1. The quantitative estimate of drug-likeness (QED) is 0.524. The number of fused-ring (bicyclic) bond motifs is 7. The number of benzene rings is 3. The topological polar surface area (TPSA) is 61.6 Å². The van der Waals surface area contributed by atoms with Gasteiger partial charge in [-0.2, -0.15) is 0 Å². The normalized spacial score (nSPS) is 18.7. The Morgan fingerprint density at radius 2 is 1.16 bits per heavy atom. The molecular weight excluding hydrogens is 430 g/mol. The molecule has 1 fully saturated rings. The smallest absolute Gasteiger partial charge is 0.161 e. The van der Waals surface area contributed by atoms with E-state index in [-0.39, 0.29) is 12.4 Å². The highest BCUT2D eigenvalue weighted by atomic mass is 35.5. The van der Waals surface area contributed by atoms with Crippen LogP contribution in [0.25, 0.3) is 21.5 Å². The van der Waals surface area contributed by atoms with Crippen LogP contribution < -0.4 is 36.3 Å². The van der Waals surface area contributed by atoms with Gasteiger partial charge in [0.15, 0.2) is 23.0 Å². The lowest BCUT2D eigenvalue weighted by molar-refractivity contribution is -0.927. The second-order valence-electron chi connectivity index (χ2n) is 8.09. The number of aliphatic hydroxyl groups is 1. The summed E-state index contributed by atoms with van der Waals surface area (Å²) in [4.78, 5) is 1.72. The number of rotatable bonds is 4. The molecule has 1 unspecified atom stereocenters. The van der Waals surface area contributed by atoms with E-state index in [1.54, 1.807) is 33.3 Å². The summed E-state index contributed by atoms with van der Waals surface area (Å²) < 4.78 is 22.5.